The molecule has 3 rings (SSSR count). The van der Waals surface area contributed by atoms with E-state index in [9.17, 15) is 5.11 Å². The molecule has 0 atom stereocenters. The number of benzene rings is 1. The van der Waals surface area contributed by atoms with Gasteiger partial charge in [-0.1, -0.05) is 18.2 Å². The van der Waals surface area contributed by atoms with Crippen LogP contribution in [0, 0.1) is 0 Å². The minimum Gasteiger partial charge on any atom is -0.508 e. The van der Waals surface area contributed by atoms with Gasteiger partial charge in [0.05, 0.1) is 6.33 Å². The van der Waals surface area contributed by atoms with Crippen molar-refractivity contribution in [2.45, 2.75) is 40.2 Å². The Balaban J connectivity index is 1.94. The summed E-state index contributed by atoms with van der Waals surface area (Å²) in [6.07, 6.45) is 6.31. The van der Waals surface area contributed by atoms with Gasteiger partial charge in [0, 0.05) is 18.8 Å². The number of aliphatic imine (C=N–C) groups is 1. The van der Waals surface area contributed by atoms with E-state index >= 15 is 0 Å². The summed E-state index contributed by atoms with van der Waals surface area (Å²) in [7, 11) is 0. The Labute approximate surface area is 176 Å². The van der Waals surface area contributed by atoms with E-state index in [-0.39, 0.29) is 11.8 Å². The number of nitrogens with zero attached hydrogens (tertiary/aromatic N) is 5. The van der Waals surface area contributed by atoms with Crippen molar-refractivity contribution in [2.24, 2.45) is 4.99 Å². The van der Waals surface area contributed by atoms with E-state index in [1.54, 1.807) is 18.3 Å². The third-order valence-corrected chi connectivity index (χ3v) is 4.71. The first kappa shape index (κ1) is 21.2. The average molecular weight is 405 g/mol. The molecule has 0 amide bonds. The van der Waals surface area contributed by atoms with Crippen molar-refractivity contribution < 1.29 is 5.11 Å². The van der Waals surface area contributed by atoms with Gasteiger partial charge in [-0.3, -0.25) is 4.99 Å². The highest BCUT2D eigenvalue weighted by atomic mass is 16.3. The van der Waals surface area contributed by atoms with Crippen LogP contribution in [-0.4, -0.2) is 37.9 Å². The van der Waals surface area contributed by atoms with E-state index in [4.69, 9.17) is 9.97 Å². The number of phenols is 1. The van der Waals surface area contributed by atoms with Gasteiger partial charge in [0.1, 0.15) is 11.3 Å². The fraction of sp³-hybridized carbons (Fsp3) is 0.304. The number of hydrogen-bond acceptors (Lipinski definition) is 6. The molecule has 0 bridgehead atoms. The van der Waals surface area contributed by atoms with Crippen LogP contribution in [0.3, 0.4) is 0 Å². The molecule has 2 N–H and O–H groups in total. The van der Waals surface area contributed by atoms with Crippen molar-refractivity contribution in [1.29, 1.82) is 0 Å². The van der Waals surface area contributed by atoms with E-state index in [1.807, 2.05) is 43.0 Å². The zero-order valence-electron chi connectivity index (χ0n) is 17.9. The molecule has 2 heterocycles. The molecule has 3 aromatic rings. The minimum absolute atomic E-state index is 0.235. The summed E-state index contributed by atoms with van der Waals surface area (Å²) in [6.45, 7) is 12.3. The standard InChI is InChI=1S/C23H28N6O/c1-15(2)29-14-26-20-22(25-11-10-18-6-8-19(30)9-7-18)27-21(28-23(20)29)17(4)12-16(3)13-24-5/h6-9,12-15,30H,5,10-11H2,1-4H3,(H,25,27,28)/b16-13-,17-12+. The van der Waals surface area contributed by atoms with Crippen LogP contribution in [0.4, 0.5) is 5.82 Å². The molecule has 1 aromatic carbocycles. The van der Waals surface area contributed by atoms with Crippen molar-refractivity contribution in [3.05, 3.63) is 59.8 Å². The summed E-state index contributed by atoms with van der Waals surface area (Å²) in [5, 5.41) is 12.9. The van der Waals surface area contributed by atoms with Gasteiger partial charge in [0.2, 0.25) is 0 Å². The molecule has 2 aromatic heterocycles. The first-order valence-corrected chi connectivity index (χ1v) is 9.96. The van der Waals surface area contributed by atoms with E-state index in [1.165, 1.54) is 0 Å². The fourth-order valence-electron chi connectivity index (χ4n) is 3.17. The highest BCUT2D eigenvalue weighted by molar-refractivity contribution is 5.84. The molecule has 0 fully saturated rings. The van der Waals surface area contributed by atoms with E-state index < -0.39 is 0 Å². The van der Waals surface area contributed by atoms with Crippen LogP contribution >= 0.6 is 0 Å². The monoisotopic (exact) mass is 404 g/mol. The number of allylic oxidation sites excluding steroid dienone is 3. The van der Waals surface area contributed by atoms with E-state index in [0.717, 1.165) is 34.3 Å². The summed E-state index contributed by atoms with van der Waals surface area (Å²) >= 11 is 0. The zero-order chi connectivity index (χ0) is 21.7. The minimum atomic E-state index is 0.235. The van der Waals surface area contributed by atoms with Crippen molar-refractivity contribution in [2.75, 3.05) is 11.9 Å². The van der Waals surface area contributed by atoms with Crippen LogP contribution in [0.1, 0.15) is 45.1 Å². The van der Waals surface area contributed by atoms with Gasteiger partial charge in [0.25, 0.3) is 0 Å². The average Bonchev–Trinajstić information content (AvgIpc) is 3.14. The zero-order valence-corrected chi connectivity index (χ0v) is 17.9. The normalized spacial score (nSPS) is 12.6. The number of aromatic hydroxyl groups is 1. The quantitative estimate of drug-likeness (QED) is 0.417. The SMILES string of the molecule is C=N/C=C(C)\C=C(/C)c1nc(NCCc2ccc(O)cc2)c2ncn(C(C)C)c2n1. The van der Waals surface area contributed by atoms with Crippen molar-refractivity contribution >= 4 is 29.3 Å². The largest absolute Gasteiger partial charge is 0.508 e. The van der Waals surface area contributed by atoms with Crippen LogP contribution < -0.4 is 5.32 Å². The molecule has 30 heavy (non-hydrogen) atoms. The Morgan fingerprint density at radius 1 is 1.23 bits per heavy atom. The number of hydrogen-bond donors (Lipinski definition) is 2. The highest BCUT2D eigenvalue weighted by Gasteiger charge is 2.15. The molecule has 0 radical (unpaired) electrons. The van der Waals surface area contributed by atoms with E-state index in [2.05, 4.69) is 35.9 Å². The molecular formula is C23H28N6O. The summed E-state index contributed by atoms with van der Waals surface area (Å²) in [5.74, 6) is 1.63. The fourth-order valence-corrected chi connectivity index (χ4v) is 3.17. The van der Waals surface area contributed by atoms with Gasteiger partial charge in [-0.05, 0) is 69.7 Å². The van der Waals surface area contributed by atoms with Gasteiger partial charge in [-0.25, -0.2) is 15.0 Å². The van der Waals surface area contributed by atoms with Crippen LogP contribution in [0.25, 0.3) is 16.7 Å². The predicted molar refractivity (Wildman–Crippen MR) is 123 cm³/mol. The molecule has 0 saturated heterocycles. The van der Waals surface area contributed by atoms with Gasteiger partial charge >= 0.3 is 0 Å². The van der Waals surface area contributed by atoms with Gasteiger partial charge in [0.15, 0.2) is 17.3 Å². The molecule has 0 spiro atoms. The maximum absolute atomic E-state index is 9.44. The molecule has 0 aliphatic rings. The number of phenolic OH excluding ortho intramolecular Hbond substituents is 1. The van der Waals surface area contributed by atoms with E-state index in [0.29, 0.717) is 18.2 Å². The van der Waals surface area contributed by atoms with Crippen LogP contribution in [0.15, 0.2) is 53.4 Å². The van der Waals surface area contributed by atoms with Crippen LogP contribution in [-0.2, 0) is 6.42 Å². The first-order valence-electron chi connectivity index (χ1n) is 9.96. The Kier molecular flexibility index (Phi) is 6.61. The second-order valence-electron chi connectivity index (χ2n) is 7.54. The third kappa shape index (κ3) is 4.92. The molecular weight excluding hydrogens is 376 g/mol. The third-order valence-electron chi connectivity index (χ3n) is 4.71. The van der Waals surface area contributed by atoms with Crippen molar-refractivity contribution in [1.82, 2.24) is 19.5 Å². The number of nitrogens with one attached hydrogen (secondary N) is 1. The van der Waals surface area contributed by atoms with Crippen LogP contribution in [0.2, 0.25) is 0 Å². The number of imidazole rings is 1. The second kappa shape index (κ2) is 9.35. The molecule has 7 heteroatoms. The summed E-state index contributed by atoms with van der Waals surface area (Å²) in [5.41, 5.74) is 4.61. The van der Waals surface area contributed by atoms with Gasteiger partial charge in [-0.2, -0.15) is 0 Å². The van der Waals surface area contributed by atoms with Crippen molar-refractivity contribution in [3.8, 4) is 5.75 Å². The smallest absolute Gasteiger partial charge is 0.166 e. The lowest BCUT2D eigenvalue weighted by Gasteiger charge is -2.12. The summed E-state index contributed by atoms with van der Waals surface area (Å²) < 4.78 is 2.05. The lowest BCUT2D eigenvalue weighted by atomic mass is 10.1. The second-order valence-corrected chi connectivity index (χ2v) is 7.54. The van der Waals surface area contributed by atoms with Crippen LogP contribution in [0.5, 0.6) is 5.75 Å². The topological polar surface area (TPSA) is 88.2 Å². The number of rotatable bonds is 8. The van der Waals surface area contributed by atoms with Crippen molar-refractivity contribution in [3.63, 3.8) is 0 Å². The van der Waals surface area contributed by atoms with Gasteiger partial charge in [-0.15, -0.1) is 0 Å². The summed E-state index contributed by atoms with van der Waals surface area (Å²) in [6, 6.07) is 7.46. The molecule has 0 unspecified atom stereocenters. The Hall–Kier alpha value is -3.48. The molecule has 0 aliphatic heterocycles. The highest BCUT2D eigenvalue weighted by Crippen LogP contribution is 2.24. The Morgan fingerprint density at radius 3 is 2.63 bits per heavy atom. The molecule has 7 nitrogen and oxygen atoms in total. The number of aromatic nitrogens is 4. The Morgan fingerprint density at radius 2 is 1.97 bits per heavy atom. The number of fused-ring (bicyclic) bond motifs is 1. The summed E-state index contributed by atoms with van der Waals surface area (Å²) in [4.78, 5) is 17.9. The molecule has 0 saturated carbocycles. The first-order chi connectivity index (χ1) is 14.4. The maximum atomic E-state index is 9.44. The van der Waals surface area contributed by atoms with Gasteiger partial charge < -0.3 is 15.0 Å². The molecule has 156 valence electrons. The lowest BCUT2D eigenvalue weighted by Crippen LogP contribution is -2.10. The predicted octanol–water partition coefficient (Wildman–Crippen LogP) is 4.78. The maximum Gasteiger partial charge on any atom is 0.166 e. The Bertz CT molecular complexity index is 1090. The lowest BCUT2D eigenvalue weighted by molar-refractivity contribution is 0.475. The molecule has 0 aliphatic carbocycles. The number of anilines is 1.